The Balaban J connectivity index is 2.13. The average Bonchev–Trinajstić information content (AvgIpc) is 2.68. The van der Waals surface area contributed by atoms with E-state index in [1.54, 1.807) is 0 Å². The molecule has 0 aliphatic carbocycles. The van der Waals surface area contributed by atoms with Crippen molar-refractivity contribution >= 4 is 27.5 Å². The Morgan fingerprint density at radius 3 is 2.83 bits per heavy atom. The van der Waals surface area contributed by atoms with Gasteiger partial charge in [-0.15, -0.1) is 11.6 Å². The monoisotopic (exact) mass is 333 g/mol. The van der Waals surface area contributed by atoms with E-state index in [1.807, 2.05) is 13.0 Å². The van der Waals surface area contributed by atoms with Crippen LogP contribution in [0.25, 0.3) is 0 Å². The van der Waals surface area contributed by atoms with Crippen LogP contribution in [0.15, 0.2) is 12.2 Å². The Labute approximate surface area is 121 Å². The third kappa shape index (κ3) is 3.48. The molecule has 2 aliphatic heterocycles. The Morgan fingerprint density at radius 1 is 1.33 bits per heavy atom. The van der Waals surface area contributed by atoms with Gasteiger partial charge in [0.2, 0.25) is 0 Å². The highest BCUT2D eigenvalue weighted by Crippen LogP contribution is 2.34. The molecule has 5 heteroatoms. The number of ether oxygens (including phenoxy) is 2. The van der Waals surface area contributed by atoms with Crippen LogP contribution in [0.4, 0.5) is 0 Å². The van der Waals surface area contributed by atoms with Gasteiger partial charge in [-0.1, -0.05) is 28.1 Å². The molecule has 2 rings (SSSR count). The summed E-state index contributed by atoms with van der Waals surface area (Å²) in [6.07, 6.45) is 5.83. The van der Waals surface area contributed by atoms with Gasteiger partial charge in [0.1, 0.15) is 6.10 Å². The lowest BCUT2D eigenvalue weighted by molar-refractivity contribution is -0.00702. The lowest BCUT2D eigenvalue weighted by Crippen LogP contribution is -2.27. The van der Waals surface area contributed by atoms with Crippen LogP contribution in [-0.4, -0.2) is 34.6 Å². The lowest BCUT2D eigenvalue weighted by Gasteiger charge is -2.20. The number of rotatable bonds is 0. The second kappa shape index (κ2) is 6.38. The van der Waals surface area contributed by atoms with Crippen molar-refractivity contribution in [1.29, 1.82) is 5.26 Å². The van der Waals surface area contributed by atoms with Gasteiger partial charge in [-0.05, 0) is 19.8 Å². The molecule has 0 N–H and O–H groups in total. The summed E-state index contributed by atoms with van der Waals surface area (Å²) in [4.78, 5) is 0.269. The zero-order valence-electron chi connectivity index (χ0n) is 10.3. The van der Waals surface area contributed by atoms with E-state index in [0.29, 0.717) is 6.42 Å². The molecule has 100 valence electrons. The molecule has 3 nitrogen and oxygen atoms in total. The van der Waals surface area contributed by atoms with Crippen LogP contribution in [0, 0.1) is 11.3 Å². The predicted octanol–water partition coefficient (Wildman–Crippen LogP) is 3.16. The van der Waals surface area contributed by atoms with Crippen molar-refractivity contribution < 1.29 is 9.47 Å². The first kappa shape index (κ1) is 14.3. The number of nitrogens with zero attached hydrogens (tertiary/aromatic N) is 1. The predicted molar refractivity (Wildman–Crippen MR) is 74.0 cm³/mol. The van der Waals surface area contributed by atoms with Gasteiger partial charge >= 0.3 is 0 Å². The fourth-order valence-corrected chi connectivity index (χ4v) is 3.28. The molecule has 2 heterocycles. The first-order chi connectivity index (χ1) is 8.60. The van der Waals surface area contributed by atoms with Crippen LogP contribution in [0.2, 0.25) is 0 Å². The van der Waals surface area contributed by atoms with Crippen LogP contribution in [0.1, 0.15) is 26.2 Å². The fraction of sp³-hybridized carbons (Fsp3) is 0.769. The van der Waals surface area contributed by atoms with Crippen molar-refractivity contribution in [2.45, 2.75) is 60.8 Å². The number of halogens is 2. The summed E-state index contributed by atoms with van der Waals surface area (Å²) in [5, 5.41) is 9.08. The summed E-state index contributed by atoms with van der Waals surface area (Å²) in [5.41, 5.74) is 0. The van der Waals surface area contributed by atoms with Crippen LogP contribution < -0.4 is 0 Å². The van der Waals surface area contributed by atoms with Crippen molar-refractivity contribution in [3.05, 3.63) is 12.2 Å². The maximum atomic E-state index is 9.12. The molecule has 0 aromatic heterocycles. The van der Waals surface area contributed by atoms with Crippen LogP contribution in [0.3, 0.4) is 0 Å². The Bertz CT molecular complexity index is 357. The Hall–Kier alpha value is -0.0800. The number of nitriles is 1. The molecule has 2 bridgehead atoms. The van der Waals surface area contributed by atoms with Crippen molar-refractivity contribution in [1.82, 2.24) is 0 Å². The van der Waals surface area contributed by atoms with Gasteiger partial charge in [0.25, 0.3) is 0 Å². The van der Waals surface area contributed by atoms with Crippen molar-refractivity contribution in [3.8, 4) is 6.07 Å². The number of hydrogen-bond donors (Lipinski definition) is 0. The van der Waals surface area contributed by atoms with Crippen molar-refractivity contribution in [2.24, 2.45) is 0 Å². The van der Waals surface area contributed by atoms with Gasteiger partial charge in [-0.25, -0.2) is 0 Å². The second-order valence-electron chi connectivity index (χ2n) is 4.84. The highest BCUT2D eigenvalue weighted by molar-refractivity contribution is 9.09. The summed E-state index contributed by atoms with van der Waals surface area (Å²) >= 11 is 9.95. The first-order valence-electron chi connectivity index (χ1n) is 6.25. The van der Waals surface area contributed by atoms with E-state index >= 15 is 0 Å². The average molecular weight is 335 g/mol. The molecular formula is C13H17BrClNO2. The third-order valence-corrected chi connectivity index (χ3v) is 4.77. The molecular weight excluding hydrogens is 318 g/mol. The van der Waals surface area contributed by atoms with Gasteiger partial charge in [0.15, 0.2) is 0 Å². The summed E-state index contributed by atoms with van der Waals surface area (Å²) < 4.78 is 11.6. The molecule has 0 aromatic carbocycles. The van der Waals surface area contributed by atoms with Gasteiger partial charge in [0, 0.05) is 11.2 Å². The molecule has 2 aliphatic rings. The molecule has 0 amide bonds. The van der Waals surface area contributed by atoms with E-state index in [4.69, 9.17) is 26.3 Å². The largest absolute Gasteiger partial charge is 0.372 e. The van der Waals surface area contributed by atoms with E-state index in [9.17, 15) is 0 Å². The van der Waals surface area contributed by atoms with Crippen LogP contribution >= 0.6 is 27.5 Å². The molecule has 0 unspecified atom stereocenters. The Kier molecular flexibility index (Phi) is 5.08. The molecule has 0 saturated carbocycles. The van der Waals surface area contributed by atoms with Crippen LogP contribution in [0.5, 0.6) is 0 Å². The molecule has 1 saturated heterocycles. The van der Waals surface area contributed by atoms with E-state index in [1.165, 1.54) is 0 Å². The van der Waals surface area contributed by atoms with Crippen LogP contribution in [-0.2, 0) is 9.47 Å². The van der Waals surface area contributed by atoms with E-state index < -0.39 is 6.10 Å². The number of allylic oxidation sites excluding steroid dienone is 1. The molecule has 6 atom stereocenters. The quantitative estimate of drug-likeness (QED) is 0.505. The van der Waals surface area contributed by atoms with Crippen molar-refractivity contribution in [2.75, 3.05) is 0 Å². The smallest absolute Gasteiger partial charge is 0.147 e. The fourth-order valence-electron chi connectivity index (χ4n) is 2.38. The highest BCUT2D eigenvalue weighted by Gasteiger charge is 2.38. The highest BCUT2D eigenvalue weighted by atomic mass is 79.9. The maximum absolute atomic E-state index is 9.12. The van der Waals surface area contributed by atoms with Gasteiger partial charge < -0.3 is 9.47 Å². The summed E-state index contributed by atoms with van der Waals surface area (Å²) in [5.74, 6) is 0. The minimum atomic E-state index is -0.457. The van der Waals surface area contributed by atoms with Gasteiger partial charge in [0.05, 0.1) is 29.8 Å². The molecule has 1 fully saturated rings. The SMILES string of the molecule is C[C@H]1/C=C/C[C@H](Br)[C@@H]2C[C@@H](Cl)[C@@H](C[C@@H](C#N)O1)O2. The number of alkyl halides is 2. The zero-order chi connectivity index (χ0) is 13.1. The minimum Gasteiger partial charge on any atom is -0.372 e. The zero-order valence-corrected chi connectivity index (χ0v) is 12.6. The van der Waals surface area contributed by atoms with E-state index in [2.05, 4.69) is 28.1 Å². The number of fused-ring (bicyclic) bond motifs is 2. The molecule has 0 aromatic rings. The van der Waals surface area contributed by atoms with Crippen molar-refractivity contribution in [3.63, 3.8) is 0 Å². The summed E-state index contributed by atoms with van der Waals surface area (Å²) in [6.45, 7) is 1.94. The molecule has 18 heavy (non-hydrogen) atoms. The summed E-state index contributed by atoms with van der Waals surface area (Å²) in [6, 6.07) is 2.18. The topological polar surface area (TPSA) is 42.2 Å². The number of hydrogen-bond acceptors (Lipinski definition) is 3. The molecule has 0 radical (unpaired) electrons. The first-order valence-corrected chi connectivity index (χ1v) is 7.60. The Morgan fingerprint density at radius 2 is 2.11 bits per heavy atom. The van der Waals surface area contributed by atoms with Gasteiger partial charge in [-0.2, -0.15) is 5.26 Å². The van der Waals surface area contributed by atoms with E-state index in [-0.39, 0.29) is 28.5 Å². The maximum Gasteiger partial charge on any atom is 0.147 e. The normalized spacial score (nSPS) is 47.0. The van der Waals surface area contributed by atoms with E-state index in [0.717, 1.165) is 12.8 Å². The minimum absolute atomic E-state index is 0.0341. The van der Waals surface area contributed by atoms with Gasteiger partial charge in [-0.3, -0.25) is 0 Å². The standard InChI is InChI=1S/C13H17BrClNO2/c1-8-3-2-4-10(14)12-6-11(15)13(18-12)5-9(7-16)17-8/h2-3,8-13H,4-6H2,1H3/b3-2+/t8-,9-,10-,11+,12-,13+/m0/s1. The third-order valence-electron chi connectivity index (χ3n) is 3.35. The molecule has 0 spiro atoms. The second-order valence-corrected chi connectivity index (χ2v) is 6.58. The lowest BCUT2D eigenvalue weighted by atomic mass is 10.1. The summed E-state index contributed by atoms with van der Waals surface area (Å²) in [7, 11) is 0.